The average molecular weight is 332 g/mol. The van der Waals surface area contributed by atoms with E-state index in [2.05, 4.69) is 13.8 Å². The molecule has 2 N–H and O–H groups in total. The topological polar surface area (TPSA) is 70.7 Å². The van der Waals surface area contributed by atoms with Crippen LogP contribution >= 0.6 is 0 Å². The first kappa shape index (κ1) is 17.3. The molecule has 1 fully saturated rings. The lowest BCUT2D eigenvalue weighted by Gasteiger charge is -2.59. The van der Waals surface area contributed by atoms with Crippen molar-refractivity contribution in [3.8, 4) is 0 Å². The molecule has 4 heteroatoms. The van der Waals surface area contributed by atoms with Crippen LogP contribution in [0.5, 0.6) is 0 Å². The summed E-state index contributed by atoms with van der Waals surface area (Å²) >= 11 is 0. The Morgan fingerprint density at radius 2 is 2.17 bits per heavy atom. The van der Waals surface area contributed by atoms with Gasteiger partial charge >= 0.3 is 5.97 Å². The van der Waals surface area contributed by atoms with Crippen LogP contribution in [0.15, 0.2) is 34.7 Å². The van der Waals surface area contributed by atoms with E-state index in [4.69, 9.17) is 4.42 Å². The second-order valence-electron chi connectivity index (χ2n) is 8.13. The first-order valence-corrected chi connectivity index (χ1v) is 8.93. The highest BCUT2D eigenvalue weighted by Crippen LogP contribution is 2.61. The molecular formula is C20H28O4. The van der Waals surface area contributed by atoms with Gasteiger partial charge in [0.2, 0.25) is 0 Å². The van der Waals surface area contributed by atoms with Crippen molar-refractivity contribution in [1.29, 1.82) is 0 Å². The molecule has 1 saturated carbocycles. The monoisotopic (exact) mass is 332 g/mol. The highest BCUT2D eigenvalue weighted by molar-refractivity contribution is 5.88. The molecule has 0 saturated heterocycles. The summed E-state index contributed by atoms with van der Waals surface area (Å²) in [5.41, 5.74) is 0.927. The third-order valence-corrected chi connectivity index (χ3v) is 7.06. The van der Waals surface area contributed by atoms with Crippen LogP contribution in [0.4, 0.5) is 0 Å². The van der Waals surface area contributed by atoms with Gasteiger partial charge in [0.1, 0.15) is 0 Å². The van der Waals surface area contributed by atoms with E-state index in [0.29, 0.717) is 17.9 Å². The number of fused-ring (bicyclic) bond motifs is 1. The molecule has 0 amide bonds. The number of rotatable bonds is 4. The molecule has 2 aliphatic rings. The highest BCUT2D eigenvalue weighted by Gasteiger charge is 2.59. The summed E-state index contributed by atoms with van der Waals surface area (Å²) in [6, 6.07) is 1.99. The molecule has 132 valence electrons. The number of allylic oxidation sites excluding steroid dienone is 1. The van der Waals surface area contributed by atoms with Crippen molar-refractivity contribution in [2.45, 2.75) is 59.0 Å². The Morgan fingerprint density at radius 1 is 1.42 bits per heavy atom. The fourth-order valence-electron chi connectivity index (χ4n) is 5.31. The Bertz CT molecular complexity index is 632. The molecule has 1 aromatic rings. The van der Waals surface area contributed by atoms with Gasteiger partial charge in [0, 0.05) is 11.0 Å². The summed E-state index contributed by atoms with van der Waals surface area (Å²) in [4.78, 5) is 11.8. The fourth-order valence-corrected chi connectivity index (χ4v) is 5.31. The smallest absolute Gasteiger partial charge is 0.331 e. The van der Waals surface area contributed by atoms with Gasteiger partial charge in [-0.1, -0.05) is 26.8 Å². The number of aliphatic hydroxyl groups is 1. The minimum atomic E-state index is -0.881. The van der Waals surface area contributed by atoms with Crippen LogP contribution in [0.3, 0.4) is 0 Å². The van der Waals surface area contributed by atoms with Crippen molar-refractivity contribution in [3.63, 3.8) is 0 Å². The van der Waals surface area contributed by atoms with Gasteiger partial charge in [-0.3, -0.25) is 0 Å². The first-order valence-electron chi connectivity index (χ1n) is 8.93. The number of aliphatic hydroxyl groups excluding tert-OH is 1. The van der Waals surface area contributed by atoms with Crippen molar-refractivity contribution in [3.05, 3.63) is 35.8 Å². The summed E-state index contributed by atoms with van der Waals surface area (Å²) in [5.74, 6) is -0.356. The number of carboxylic acid groups (broad SMARTS) is 1. The highest BCUT2D eigenvalue weighted by atomic mass is 16.4. The predicted molar refractivity (Wildman–Crippen MR) is 91.5 cm³/mol. The van der Waals surface area contributed by atoms with Crippen LogP contribution in [0.25, 0.3) is 0 Å². The summed E-state index contributed by atoms with van der Waals surface area (Å²) in [5, 5.41) is 20.5. The van der Waals surface area contributed by atoms with E-state index < -0.39 is 17.5 Å². The zero-order chi connectivity index (χ0) is 17.5. The normalized spacial score (nSPS) is 39.2. The molecule has 0 spiro atoms. The molecule has 3 rings (SSSR count). The van der Waals surface area contributed by atoms with Crippen LogP contribution in [0.2, 0.25) is 0 Å². The molecule has 0 aromatic carbocycles. The number of hydrogen-bond donors (Lipinski definition) is 2. The van der Waals surface area contributed by atoms with E-state index in [1.165, 1.54) is 5.56 Å². The first-order chi connectivity index (χ1) is 11.3. The summed E-state index contributed by atoms with van der Waals surface area (Å²) in [7, 11) is 0. The third kappa shape index (κ3) is 2.52. The Labute approximate surface area is 143 Å². The number of aliphatic carboxylic acids is 1. The average Bonchev–Trinajstić information content (AvgIpc) is 3.04. The second kappa shape index (κ2) is 6.07. The maximum Gasteiger partial charge on any atom is 0.331 e. The van der Waals surface area contributed by atoms with Gasteiger partial charge in [0.15, 0.2) is 0 Å². The van der Waals surface area contributed by atoms with Gasteiger partial charge in [-0.15, -0.1) is 0 Å². The van der Waals surface area contributed by atoms with E-state index in [9.17, 15) is 15.0 Å². The lowest BCUT2D eigenvalue weighted by molar-refractivity contribution is -0.148. The van der Waals surface area contributed by atoms with Crippen LogP contribution < -0.4 is 0 Å². The third-order valence-electron chi connectivity index (χ3n) is 7.06. The van der Waals surface area contributed by atoms with Gasteiger partial charge in [-0.25, -0.2) is 4.79 Å². The summed E-state index contributed by atoms with van der Waals surface area (Å²) in [6.07, 6.45) is 8.99. The Morgan fingerprint density at radius 3 is 2.79 bits per heavy atom. The minimum absolute atomic E-state index is 0.000208. The molecule has 0 aliphatic heterocycles. The van der Waals surface area contributed by atoms with E-state index in [-0.39, 0.29) is 11.3 Å². The number of aryl methyl sites for hydroxylation is 1. The molecule has 0 unspecified atom stereocenters. The Kier molecular flexibility index (Phi) is 4.37. The van der Waals surface area contributed by atoms with Crippen LogP contribution in [0.1, 0.15) is 52.0 Å². The zero-order valence-electron chi connectivity index (χ0n) is 14.8. The lowest BCUT2D eigenvalue weighted by Crippen LogP contribution is -2.57. The quantitative estimate of drug-likeness (QED) is 0.873. The number of carboxylic acids is 1. The number of hydrogen-bond acceptors (Lipinski definition) is 3. The Balaban J connectivity index is 1.94. The molecule has 1 aromatic heterocycles. The Hall–Kier alpha value is -1.55. The maximum atomic E-state index is 11.8. The maximum absolute atomic E-state index is 11.8. The van der Waals surface area contributed by atoms with Gasteiger partial charge in [-0.05, 0) is 61.0 Å². The van der Waals surface area contributed by atoms with E-state index in [0.717, 1.165) is 25.7 Å². The molecule has 2 aliphatic carbocycles. The minimum Gasteiger partial charge on any atom is -0.478 e. The largest absolute Gasteiger partial charge is 0.478 e. The van der Waals surface area contributed by atoms with Gasteiger partial charge in [0.05, 0.1) is 18.6 Å². The van der Waals surface area contributed by atoms with Gasteiger partial charge < -0.3 is 14.6 Å². The van der Waals surface area contributed by atoms with E-state index >= 15 is 0 Å². The predicted octanol–water partition coefficient (Wildman–Crippen LogP) is 4.05. The second-order valence-corrected chi connectivity index (χ2v) is 8.13. The lowest BCUT2D eigenvalue weighted by atomic mass is 9.45. The van der Waals surface area contributed by atoms with Crippen LogP contribution in [-0.4, -0.2) is 22.3 Å². The molecule has 0 bridgehead atoms. The zero-order valence-corrected chi connectivity index (χ0v) is 14.8. The molecule has 1 heterocycles. The number of carbonyl (C=O) groups is 1. The SMILES string of the molecule is C[C@@H]1C[C@H](O)[C@]2(C)C(C(=O)O)=CCC[C@@H]2[C@@]1(C)CCc1ccoc1. The molecule has 0 radical (unpaired) electrons. The van der Waals surface area contributed by atoms with E-state index in [1.54, 1.807) is 12.5 Å². The van der Waals surface area contributed by atoms with Crippen molar-refractivity contribution in [2.24, 2.45) is 22.7 Å². The molecule has 24 heavy (non-hydrogen) atoms. The fraction of sp³-hybridized carbons (Fsp3) is 0.650. The molecule has 5 atom stereocenters. The van der Waals surface area contributed by atoms with Crippen molar-refractivity contribution >= 4 is 5.97 Å². The summed E-state index contributed by atoms with van der Waals surface area (Å²) < 4.78 is 5.18. The van der Waals surface area contributed by atoms with Crippen molar-refractivity contribution in [1.82, 2.24) is 0 Å². The van der Waals surface area contributed by atoms with Crippen LogP contribution in [-0.2, 0) is 11.2 Å². The van der Waals surface area contributed by atoms with Gasteiger partial charge in [0.25, 0.3) is 0 Å². The molecular weight excluding hydrogens is 304 g/mol. The standard InChI is InChI=1S/C20H28O4/c1-13-11-17(21)20(3)15(18(22)23)5-4-6-16(20)19(13,2)9-7-14-8-10-24-12-14/h5,8,10,12-13,16-17,21H,4,6-7,9,11H2,1-3H3,(H,22,23)/t13-,16-,17+,19+,20-/m1/s1. The molecule has 4 nitrogen and oxygen atoms in total. The van der Waals surface area contributed by atoms with E-state index in [1.807, 2.05) is 19.1 Å². The van der Waals surface area contributed by atoms with Gasteiger partial charge in [-0.2, -0.15) is 0 Å². The van der Waals surface area contributed by atoms with Crippen molar-refractivity contribution in [2.75, 3.05) is 0 Å². The van der Waals surface area contributed by atoms with Crippen molar-refractivity contribution < 1.29 is 19.4 Å². The number of furan rings is 1. The summed E-state index contributed by atoms with van der Waals surface area (Å²) in [6.45, 7) is 6.46. The van der Waals surface area contributed by atoms with Crippen LogP contribution in [0, 0.1) is 22.7 Å².